The number of carbonyl (C=O) groups is 1. The van der Waals surface area contributed by atoms with E-state index in [4.69, 9.17) is 0 Å². The van der Waals surface area contributed by atoms with E-state index < -0.39 is 23.4 Å². The van der Waals surface area contributed by atoms with Crippen LogP contribution in [-0.2, 0) is 21.1 Å². The summed E-state index contributed by atoms with van der Waals surface area (Å²) in [5.41, 5.74) is -0.487. The molecule has 3 aromatic heterocycles. The summed E-state index contributed by atoms with van der Waals surface area (Å²) in [7, 11) is 0. The average molecular weight is 578 g/mol. The summed E-state index contributed by atoms with van der Waals surface area (Å²) in [5.74, 6) is -2.34. The fourth-order valence-electron chi connectivity index (χ4n) is 2.71. The molecule has 0 aliphatic rings. The molecule has 0 aliphatic carbocycles. The van der Waals surface area contributed by atoms with Gasteiger partial charge < -0.3 is 10.0 Å². The van der Waals surface area contributed by atoms with Crippen LogP contribution in [0.2, 0.25) is 0 Å². The van der Waals surface area contributed by atoms with Crippen LogP contribution in [0.4, 0.5) is 20.4 Å². The Morgan fingerprint density at radius 3 is 2.24 bits per heavy atom. The van der Waals surface area contributed by atoms with Crippen LogP contribution in [-0.4, -0.2) is 31.6 Å². The molecule has 0 bridgehead atoms. The molecule has 3 rings (SSSR count). The zero-order valence-electron chi connectivity index (χ0n) is 15.8. The number of hydrogen-bond acceptors (Lipinski definition) is 5. The van der Waals surface area contributed by atoms with Crippen LogP contribution >= 0.6 is 0 Å². The Labute approximate surface area is 180 Å². The van der Waals surface area contributed by atoms with Crippen molar-refractivity contribution in [3.63, 3.8) is 0 Å². The van der Waals surface area contributed by atoms with E-state index in [0.717, 1.165) is 6.07 Å². The second-order valence-electron chi connectivity index (χ2n) is 6.96. The Hall–Kier alpha value is -2.73. The number of carboxylic acids is 1. The first kappa shape index (κ1) is 22.6. The summed E-state index contributed by atoms with van der Waals surface area (Å²) in [4.78, 5) is 24.8. The molecule has 6 nitrogen and oxygen atoms in total. The normalized spacial score (nSPS) is 10.9. The predicted molar refractivity (Wildman–Crippen MR) is 99.3 cm³/mol. The quantitative estimate of drug-likeness (QED) is 0.369. The molecule has 0 saturated heterocycles. The third kappa shape index (κ3) is 5.01. The Morgan fingerprint density at radius 1 is 1.03 bits per heavy atom. The largest absolute Gasteiger partial charge is 0.477 e. The van der Waals surface area contributed by atoms with Crippen molar-refractivity contribution in [1.29, 1.82) is 0 Å². The van der Waals surface area contributed by atoms with Crippen molar-refractivity contribution in [3.05, 3.63) is 66.1 Å². The first-order valence-electron chi connectivity index (χ1n) is 8.38. The van der Waals surface area contributed by atoms with Crippen LogP contribution in [0.3, 0.4) is 0 Å². The second-order valence-corrected chi connectivity index (χ2v) is 6.96. The van der Waals surface area contributed by atoms with E-state index in [1.807, 2.05) is 20.8 Å². The molecule has 1 N–H and O–H groups in total. The van der Waals surface area contributed by atoms with Gasteiger partial charge in [-0.3, -0.25) is 9.97 Å². The Morgan fingerprint density at radius 2 is 1.66 bits per heavy atom. The van der Waals surface area contributed by atoms with E-state index in [-0.39, 0.29) is 38.0 Å². The fourth-order valence-corrected chi connectivity index (χ4v) is 2.71. The summed E-state index contributed by atoms with van der Waals surface area (Å²) in [6.45, 7) is 5.72. The maximum absolute atomic E-state index is 14.1. The van der Waals surface area contributed by atoms with Gasteiger partial charge >= 0.3 is 5.97 Å². The third-order valence-corrected chi connectivity index (χ3v) is 3.82. The number of nitrogens with zero attached hydrogens (tertiary/aromatic N) is 4. The number of halogens is 2. The van der Waals surface area contributed by atoms with Gasteiger partial charge in [0.15, 0.2) is 5.69 Å². The van der Waals surface area contributed by atoms with Gasteiger partial charge in [-0.25, -0.2) is 18.6 Å². The first-order valence-corrected chi connectivity index (χ1v) is 8.38. The van der Waals surface area contributed by atoms with Gasteiger partial charge in [-0.05, 0) is 44.7 Å². The molecular weight excluding hydrogens is 561 g/mol. The molecule has 29 heavy (non-hydrogen) atoms. The van der Waals surface area contributed by atoms with Crippen LogP contribution in [0.15, 0.2) is 42.5 Å². The van der Waals surface area contributed by atoms with E-state index in [1.54, 1.807) is 35.2 Å². The maximum Gasteiger partial charge on any atom is 0.354 e. The van der Waals surface area contributed by atoms with Gasteiger partial charge in [-0.15, -0.1) is 6.07 Å². The Bertz CT molecular complexity index is 1040. The Balaban J connectivity index is 0.00000300. The summed E-state index contributed by atoms with van der Waals surface area (Å²) < 4.78 is 27.1. The molecule has 0 atom stereocenters. The molecule has 154 valence electrons. The minimum Gasteiger partial charge on any atom is -0.477 e. The monoisotopic (exact) mass is 578 g/mol. The van der Waals surface area contributed by atoms with Gasteiger partial charge in [0.05, 0.1) is 0 Å². The molecule has 0 saturated carbocycles. The zero-order valence-corrected chi connectivity index (χ0v) is 18.0. The van der Waals surface area contributed by atoms with Crippen molar-refractivity contribution in [2.24, 2.45) is 0 Å². The molecule has 0 unspecified atom stereocenters. The molecule has 9 heteroatoms. The molecule has 0 fully saturated rings. The van der Waals surface area contributed by atoms with Crippen molar-refractivity contribution < 1.29 is 39.7 Å². The van der Waals surface area contributed by atoms with Crippen molar-refractivity contribution in [3.8, 4) is 11.3 Å². The van der Waals surface area contributed by atoms with Crippen LogP contribution in [0.1, 0.15) is 31.3 Å². The smallest absolute Gasteiger partial charge is 0.354 e. The van der Waals surface area contributed by atoms with Crippen molar-refractivity contribution in [1.82, 2.24) is 15.0 Å². The second kappa shape index (κ2) is 8.74. The summed E-state index contributed by atoms with van der Waals surface area (Å²) in [6.07, 6.45) is 0. The van der Waals surface area contributed by atoms with E-state index in [9.17, 15) is 18.7 Å². The number of aromatic carboxylic acids is 1. The molecule has 0 radical (unpaired) electrons. The Kier molecular flexibility index (Phi) is 6.80. The summed E-state index contributed by atoms with van der Waals surface area (Å²) in [6, 6.07) is 13.0. The van der Waals surface area contributed by atoms with Gasteiger partial charge in [0, 0.05) is 26.6 Å². The first-order chi connectivity index (χ1) is 13.2. The van der Waals surface area contributed by atoms with Crippen molar-refractivity contribution in [2.45, 2.75) is 26.3 Å². The van der Waals surface area contributed by atoms with Crippen molar-refractivity contribution in [2.75, 3.05) is 4.90 Å². The zero-order chi connectivity index (χ0) is 20.5. The minimum atomic E-state index is -1.15. The molecule has 0 aliphatic heterocycles. The van der Waals surface area contributed by atoms with E-state index in [0.29, 0.717) is 11.6 Å². The molecule has 0 amide bonds. The summed E-state index contributed by atoms with van der Waals surface area (Å²) in [5, 5.41) is 9.23. The van der Waals surface area contributed by atoms with Crippen LogP contribution in [0, 0.1) is 18.0 Å². The predicted octanol–water partition coefficient (Wildman–Crippen LogP) is 4.25. The number of rotatable bonds is 4. The van der Waals surface area contributed by atoms with Gasteiger partial charge in [-0.1, -0.05) is 29.8 Å². The van der Waals surface area contributed by atoms with Gasteiger partial charge in [-0.2, -0.15) is 0 Å². The van der Waals surface area contributed by atoms with E-state index >= 15 is 0 Å². The maximum atomic E-state index is 14.1. The molecular formula is C20H17F2N4O2Pt-. The van der Waals surface area contributed by atoms with E-state index in [1.165, 1.54) is 6.07 Å². The molecule has 3 aromatic rings. The van der Waals surface area contributed by atoms with Gasteiger partial charge in [0.25, 0.3) is 0 Å². The number of aromatic nitrogens is 3. The number of pyridine rings is 3. The standard InChI is InChI=1S/C20H17F2N4O2.Pt/c1-20(2,3)26(17-9-5-7-14(24-17)19(27)28)16-8-4-6-13(23-16)12-10-11-15(21)25-18(12)22;/h4-9,11H,1-3H3,(H,27,28);/q-1;. The van der Waals surface area contributed by atoms with Crippen molar-refractivity contribution >= 4 is 17.6 Å². The average Bonchev–Trinajstić information content (AvgIpc) is 2.61. The number of hydrogen-bond donors (Lipinski definition) is 1. The van der Waals surface area contributed by atoms with Gasteiger partial charge in [0.2, 0.25) is 0 Å². The van der Waals surface area contributed by atoms with Crippen LogP contribution < -0.4 is 4.90 Å². The third-order valence-electron chi connectivity index (χ3n) is 3.82. The van der Waals surface area contributed by atoms with Crippen LogP contribution in [0.25, 0.3) is 11.3 Å². The fraction of sp³-hybridized carbons (Fsp3) is 0.200. The molecule has 0 spiro atoms. The minimum absolute atomic E-state index is 0. The van der Waals surface area contributed by atoms with Crippen LogP contribution in [0.5, 0.6) is 0 Å². The number of carboxylic acid groups (broad SMARTS) is 1. The molecule has 0 aromatic carbocycles. The number of anilines is 2. The van der Waals surface area contributed by atoms with Gasteiger partial charge in [0.1, 0.15) is 23.5 Å². The SMILES string of the molecule is CC(C)(C)N(c1cccc(C(=O)O)n1)c1cccc(-c2[c-]cc(F)nc2F)n1.[Pt]. The molecule has 3 heterocycles. The van der Waals surface area contributed by atoms with E-state index in [2.05, 4.69) is 21.0 Å². The summed E-state index contributed by atoms with van der Waals surface area (Å²) >= 11 is 0. The topological polar surface area (TPSA) is 79.2 Å².